The van der Waals surface area contributed by atoms with Crippen LogP contribution in [-0.2, 0) is 5.41 Å². The Morgan fingerprint density at radius 2 is 1.46 bits per heavy atom. The van der Waals surface area contributed by atoms with Crippen molar-refractivity contribution in [1.82, 2.24) is 0 Å². The monoisotopic (exact) mass is 455 g/mol. The van der Waals surface area contributed by atoms with Crippen LogP contribution in [0.4, 0.5) is 11.4 Å². The molecule has 0 amide bonds. The number of nitrogens with one attached hydrogen (secondary N) is 1. The fraction of sp³-hybridized carbons (Fsp3) is 0.294. The molecule has 0 aromatic heterocycles. The van der Waals surface area contributed by atoms with E-state index >= 15 is 0 Å². The Morgan fingerprint density at radius 1 is 0.657 bits per heavy atom. The van der Waals surface area contributed by atoms with Crippen molar-refractivity contribution in [3.63, 3.8) is 0 Å². The summed E-state index contributed by atoms with van der Waals surface area (Å²) < 4.78 is 0. The number of rotatable bonds is 4. The van der Waals surface area contributed by atoms with Crippen molar-refractivity contribution in [2.45, 2.75) is 50.9 Å². The molecule has 35 heavy (non-hydrogen) atoms. The van der Waals surface area contributed by atoms with E-state index in [0.717, 1.165) is 17.8 Å². The summed E-state index contributed by atoms with van der Waals surface area (Å²) in [6.45, 7) is 4.71. The molecule has 1 nitrogen and oxygen atoms in total. The minimum Gasteiger partial charge on any atom is -0.356 e. The molecule has 2 bridgehead atoms. The first kappa shape index (κ1) is 21.0. The van der Waals surface area contributed by atoms with Crippen molar-refractivity contribution in [3.8, 4) is 22.3 Å². The van der Waals surface area contributed by atoms with Crippen LogP contribution in [0, 0.1) is 11.8 Å². The molecule has 0 saturated heterocycles. The molecule has 1 heteroatoms. The molecular formula is C34H33N. The van der Waals surface area contributed by atoms with Crippen LogP contribution < -0.4 is 5.32 Å². The van der Waals surface area contributed by atoms with Gasteiger partial charge in [0.05, 0.1) is 0 Å². The van der Waals surface area contributed by atoms with E-state index in [1.54, 1.807) is 5.56 Å². The summed E-state index contributed by atoms with van der Waals surface area (Å²) >= 11 is 0. The highest BCUT2D eigenvalue weighted by molar-refractivity contribution is 5.86. The summed E-state index contributed by atoms with van der Waals surface area (Å²) in [6.07, 6.45) is 5.77. The molecule has 3 aliphatic rings. The highest BCUT2D eigenvalue weighted by Gasteiger charge is 2.40. The molecule has 3 atom stereocenters. The topological polar surface area (TPSA) is 12.0 Å². The van der Waals surface area contributed by atoms with Gasteiger partial charge < -0.3 is 5.32 Å². The molecule has 0 heterocycles. The normalized spacial score (nSPS) is 23.2. The van der Waals surface area contributed by atoms with E-state index < -0.39 is 0 Å². The van der Waals surface area contributed by atoms with Gasteiger partial charge in [-0.05, 0) is 106 Å². The lowest BCUT2D eigenvalue weighted by Crippen LogP contribution is -2.15. The van der Waals surface area contributed by atoms with Crippen LogP contribution in [0.15, 0.2) is 91.0 Å². The van der Waals surface area contributed by atoms with Crippen molar-refractivity contribution < 1.29 is 0 Å². The summed E-state index contributed by atoms with van der Waals surface area (Å²) in [5.41, 5.74) is 12.0. The highest BCUT2D eigenvalue weighted by Crippen LogP contribution is 2.53. The maximum absolute atomic E-state index is 3.69. The third kappa shape index (κ3) is 3.44. The molecule has 7 rings (SSSR count). The fourth-order valence-corrected chi connectivity index (χ4v) is 7.27. The van der Waals surface area contributed by atoms with Gasteiger partial charge in [-0.1, -0.05) is 80.9 Å². The van der Waals surface area contributed by atoms with Crippen molar-refractivity contribution in [1.29, 1.82) is 0 Å². The highest BCUT2D eigenvalue weighted by atomic mass is 14.9. The summed E-state index contributed by atoms with van der Waals surface area (Å²) in [4.78, 5) is 0. The summed E-state index contributed by atoms with van der Waals surface area (Å²) in [5, 5.41) is 3.69. The fourth-order valence-electron chi connectivity index (χ4n) is 7.27. The van der Waals surface area contributed by atoms with Crippen LogP contribution in [-0.4, -0.2) is 0 Å². The largest absolute Gasteiger partial charge is 0.356 e. The van der Waals surface area contributed by atoms with Gasteiger partial charge in [0.1, 0.15) is 0 Å². The van der Waals surface area contributed by atoms with Crippen LogP contribution >= 0.6 is 0 Å². The minimum atomic E-state index is -0.0107. The van der Waals surface area contributed by atoms with Gasteiger partial charge in [0.2, 0.25) is 0 Å². The van der Waals surface area contributed by atoms with Crippen LogP contribution in [0.2, 0.25) is 0 Å². The molecule has 3 aliphatic carbocycles. The number of hydrogen-bond acceptors (Lipinski definition) is 1. The Morgan fingerprint density at radius 3 is 2.20 bits per heavy atom. The van der Waals surface area contributed by atoms with Gasteiger partial charge in [-0.3, -0.25) is 0 Å². The molecule has 4 aromatic rings. The molecule has 3 unspecified atom stereocenters. The van der Waals surface area contributed by atoms with Crippen molar-refractivity contribution in [3.05, 3.63) is 108 Å². The molecular weight excluding hydrogens is 422 g/mol. The second-order valence-electron chi connectivity index (χ2n) is 11.5. The predicted octanol–water partition coefficient (Wildman–Crippen LogP) is 9.31. The molecule has 4 aromatic carbocycles. The molecule has 174 valence electrons. The minimum absolute atomic E-state index is 0.0107. The lowest BCUT2D eigenvalue weighted by atomic mass is 9.82. The third-order valence-electron chi connectivity index (χ3n) is 9.15. The Kier molecular flexibility index (Phi) is 4.71. The molecule has 0 spiro atoms. The van der Waals surface area contributed by atoms with E-state index in [1.165, 1.54) is 70.4 Å². The Balaban J connectivity index is 1.17. The first-order chi connectivity index (χ1) is 17.1. The number of fused-ring (bicyclic) bond motifs is 5. The molecule has 0 radical (unpaired) electrons. The van der Waals surface area contributed by atoms with Crippen molar-refractivity contribution in [2.75, 3.05) is 5.32 Å². The van der Waals surface area contributed by atoms with Gasteiger partial charge in [-0.15, -0.1) is 0 Å². The molecule has 1 N–H and O–H groups in total. The maximum Gasteiger partial charge on any atom is 0.0387 e. The van der Waals surface area contributed by atoms with Gasteiger partial charge in [0, 0.05) is 16.8 Å². The SMILES string of the molecule is CC1(C)c2ccc(-c3ccccc3)cc2-c2ccc(Nc3ccc(C4CC5CCC4C5)cc3)cc21. The van der Waals surface area contributed by atoms with Crippen LogP contribution in [0.3, 0.4) is 0 Å². The average molecular weight is 456 g/mol. The smallest absolute Gasteiger partial charge is 0.0387 e. The van der Waals surface area contributed by atoms with Gasteiger partial charge in [0.25, 0.3) is 0 Å². The van der Waals surface area contributed by atoms with Crippen LogP contribution in [0.25, 0.3) is 22.3 Å². The number of benzene rings is 4. The summed E-state index contributed by atoms with van der Waals surface area (Å²) in [6, 6.07) is 33.9. The van der Waals surface area contributed by atoms with Crippen LogP contribution in [0.1, 0.15) is 62.1 Å². The number of hydrogen-bond donors (Lipinski definition) is 1. The van der Waals surface area contributed by atoms with Gasteiger partial charge in [-0.2, -0.15) is 0 Å². The number of anilines is 2. The third-order valence-corrected chi connectivity index (χ3v) is 9.15. The maximum atomic E-state index is 3.69. The second-order valence-corrected chi connectivity index (χ2v) is 11.5. The Hall–Kier alpha value is -3.32. The lowest BCUT2D eigenvalue weighted by molar-refractivity contribution is 0.420. The zero-order valence-electron chi connectivity index (χ0n) is 20.7. The lowest BCUT2D eigenvalue weighted by Gasteiger charge is -2.23. The van der Waals surface area contributed by atoms with E-state index in [1.807, 2.05) is 0 Å². The van der Waals surface area contributed by atoms with E-state index in [9.17, 15) is 0 Å². The molecule has 2 fully saturated rings. The predicted molar refractivity (Wildman–Crippen MR) is 147 cm³/mol. The molecule has 0 aliphatic heterocycles. The Labute approximate surface area is 209 Å². The molecule has 2 saturated carbocycles. The van der Waals surface area contributed by atoms with Crippen molar-refractivity contribution in [2.24, 2.45) is 11.8 Å². The first-order valence-corrected chi connectivity index (χ1v) is 13.3. The quantitative estimate of drug-likeness (QED) is 0.323. The first-order valence-electron chi connectivity index (χ1n) is 13.3. The zero-order chi connectivity index (χ0) is 23.6. The zero-order valence-corrected chi connectivity index (χ0v) is 20.7. The summed E-state index contributed by atoms with van der Waals surface area (Å²) in [7, 11) is 0. The summed E-state index contributed by atoms with van der Waals surface area (Å²) in [5.74, 6) is 2.72. The standard InChI is InChI=1S/C34H33N/c1-34(2)32-17-12-25(23-6-4-3-5-7-23)20-31(32)29-16-15-28(21-33(29)34)35-27-13-10-24(11-14-27)30-19-22-8-9-26(30)18-22/h3-7,10-17,20-22,26,30,35H,8-9,18-19H2,1-2H3. The average Bonchev–Trinajstić information content (AvgIpc) is 3.58. The van der Waals surface area contributed by atoms with Gasteiger partial charge >= 0.3 is 0 Å². The second kappa shape index (κ2) is 7.85. The Bertz CT molecular complexity index is 1400. The van der Waals surface area contributed by atoms with E-state index in [2.05, 4.69) is 110 Å². The van der Waals surface area contributed by atoms with Gasteiger partial charge in [-0.25, -0.2) is 0 Å². The van der Waals surface area contributed by atoms with Crippen molar-refractivity contribution >= 4 is 11.4 Å². The van der Waals surface area contributed by atoms with Crippen LogP contribution in [0.5, 0.6) is 0 Å². The van der Waals surface area contributed by atoms with E-state index in [4.69, 9.17) is 0 Å². The van der Waals surface area contributed by atoms with Gasteiger partial charge in [0.15, 0.2) is 0 Å². The van der Waals surface area contributed by atoms with E-state index in [-0.39, 0.29) is 5.41 Å². The van der Waals surface area contributed by atoms with E-state index in [0.29, 0.717) is 0 Å².